The molecule has 0 radical (unpaired) electrons. The van der Waals surface area contributed by atoms with Gasteiger partial charge >= 0.3 is 0 Å². The Hall–Kier alpha value is -2.24. The molecule has 0 amide bonds. The second kappa shape index (κ2) is 13.2. The average molecular weight is 491 g/mol. The fraction of sp³-hybridized carbons (Fsp3) is 0.533. The van der Waals surface area contributed by atoms with Crippen molar-refractivity contribution >= 4 is 17.0 Å². The van der Waals surface area contributed by atoms with Crippen LogP contribution in [0.3, 0.4) is 0 Å². The Morgan fingerprint density at radius 3 is 2.14 bits per heavy atom. The quantitative estimate of drug-likeness (QED) is 0.284. The van der Waals surface area contributed by atoms with Crippen LogP contribution in [0.5, 0.6) is 0 Å². The number of nitrogens with one attached hydrogen (secondary N) is 1. The van der Waals surface area contributed by atoms with E-state index in [2.05, 4.69) is 89.7 Å². The maximum atomic E-state index is 4.50. The van der Waals surface area contributed by atoms with Crippen LogP contribution < -0.4 is 10.2 Å². The molecule has 0 bridgehead atoms. The van der Waals surface area contributed by atoms with Crippen molar-refractivity contribution in [3.63, 3.8) is 0 Å². The van der Waals surface area contributed by atoms with Gasteiger partial charge in [0, 0.05) is 42.5 Å². The fourth-order valence-electron chi connectivity index (χ4n) is 4.98. The van der Waals surface area contributed by atoms with Gasteiger partial charge in [0.1, 0.15) is 10.0 Å². The molecule has 0 saturated heterocycles. The lowest BCUT2D eigenvalue weighted by molar-refractivity contribution is 0.376. The van der Waals surface area contributed by atoms with Gasteiger partial charge in [0.15, 0.2) is 0 Å². The Bertz CT molecular complexity index is 1000. The van der Waals surface area contributed by atoms with Crippen molar-refractivity contribution in [2.45, 2.75) is 78.2 Å². The molecule has 1 fully saturated rings. The highest BCUT2D eigenvalue weighted by Crippen LogP contribution is 2.31. The number of anilines is 1. The molecule has 3 aromatic rings. The van der Waals surface area contributed by atoms with E-state index >= 15 is 0 Å². The zero-order valence-electron chi connectivity index (χ0n) is 21.8. The van der Waals surface area contributed by atoms with E-state index in [4.69, 9.17) is 0 Å². The highest BCUT2D eigenvalue weighted by Gasteiger charge is 2.14. The molecule has 1 heterocycles. The smallest absolute Gasteiger partial charge is 0.148 e. The van der Waals surface area contributed by atoms with Crippen LogP contribution in [0.4, 0.5) is 5.69 Å². The normalized spacial score (nSPS) is 14.5. The molecule has 4 rings (SSSR count). The van der Waals surface area contributed by atoms with Crippen LogP contribution in [-0.4, -0.2) is 35.9 Å². The Morgan fingerprint density at radius 2 is 1.54 bits per heavy atom. The summed E-state index contributed by atoms with van der Waals surface area (Å²) in [4.78, 5) is 2.45. The second-order valence-electron chi connectivity index (χ2n) is 10.3. The first-order chi connectivity index (χ1) is 17.1. The summed E-state index contributed by atoms with van der Waals surface area (Å²) < 4.78 is 0. The number of aryl methyl sites for hydroxylation is 1. The van der Waals surface area contributed by atoms with Crippen molar-refractivity contribution in [2.24, 2.45) is 5.92 Å². The van der Waals surface area contributed by atoms with Crippen molar-refractivity contribution in [2.75, 3.05) is 24.5 Å². The minimum absolute atomic E-state index is 0.720. The second-order valence-corrected chi connectivity index (χ2v) is 11.3. The van der Waals surface area contributed by atoms with Crippen LogP contribution in [0, 0.1) is 5.92 Å². The number of aromatic nitrogens is 2. The van der Waals surface area contributed by atoms with Gasteiger partial charge in [0.2, 0.25) is 0 Å². The molecule has 188 valence electrons. The van der Waals surface area contributed by atoms with Crippen LogP contribution in [0.25, 0.3) is 21.1 Å². The third-order valence-electron chi connectivity index (χ3n) is 7.15. The van der Waals surface area contributed by atoms with Crippen molar-refractivity contribution < 1.29 is 0 Å². The van der Waals surface area contributed by atoms with E-state index < -0.39 is 0 Å². The fourth-order valence-corrected chi connectivity index (χ4v) is 5.83. The molecule has 0 unspecified atom stereocenters. The van der Waals surface area contributed by atoms with Gasteiger partial charge in [-0.3, -0.25) is 0 Å². The number of benzene rings is 2. The first-order valence-electron chi connectivity index (χ1n) is 13.6. The topological polar surface area (TPSA) is 41.0 Å². The largest absolute Gasteiger partial charge is 0.371 e. The van der Waals surface area contributed by atoms with Gasteiger partial charge in [0.05, 0.1) is 0 Å². The van der Waals surface area contributed by atoms with E-state index in [0.717, 1.165) is 59.2 Å². The Kier molecular flexibility index (Phi) is 9.73. The molecule has 1 saturated carbocycles. The highest BCUT2D eigenvalue weighted by atomic mass is 32.1. The number of nitrogens with zero attached hydrogens (tertiary/aromatic N) is 3. The van der Waals surface area contributed by atoms with Gasteiger partial charge in [-0.1, -0.05) is 75.1 Å². The number of rotatable bonds is 12. The van der Waals surface area contributed by atoms with E-state index in [1.807, 2.05) is 0 Å². The molecule has 1 aromatic heterocycles. The maximum absolute atomic E-state index is 4.50. The van der Waals surface area contributed by atoms with Crippen LogP contribution in [0.1, 0.15) is 71.3 Å². The summed E-state index contributed by atoms with van der Waals surface area (Å²) in [5.74, 6) is 0.774. The number of likely N-dealkylation sites (N-methyl/N-ethyl adjacent to an activating group) is 1. The zero-order valence-corrected chi connectivity index (χ0v) is 22.6. The lowest BCUT2D eigenvalue weighted by Crippen LogP contribution is -2.38. The van der Waals surface area contributed by atoms with Gasteiger partial charge in [-0.2, -0.15) is 0 Å². The average Bonchev–Trinajstić information content (AvgIpc) is 3.38. The highest BCUT2D eigenvalue weighted by molar-refractivity contribution is 7.17. The predicted molar refractivity (Wildman–Crippen MR) is 151 cm³/mol. The Balaban J connectivity index is 1.32. The van der Waals surface area contributed by atoms with Gasteiger partial charge in [-0.25, -0.2) is 0 Å². The van der Waals surface area contributed by atoms with Crippen molar-refractivity contribution in [3.05, 3.63) is 54.1 Å². The Labute approximate surface area is 216 Å². The number of hydrogen-bond donors (Lipinski definition) is 1. The van der Waals surface area contributed by atoms with E-state index in [1.165, 1.54) is 56.2 Å². The summed E-state index contributed by atoms with van der Waals surface area (Å²) in [6.07, 6.45) is 10.5. The van der Waals surface area contributed by atoms with Gasteiger partial charge < -0.3 is 10.2 Å². The summed E-state index contributed by atoms with van der Waals surface area (Å²) in [7, 11) is 0. The molecule has 1 aliphatic carbocycles. The SMILES string of the molecule is CCN(CCNC1CCCCC1)c1ccc(-c2nnc(-c3ccc(CCCC(C)C)cc3)s2)cc1. The van der Waals surface area contributed by atoms with Crippen LogP contribution in [-0.2, 0) is 6.42 Å². The maximum Gasteiger partial charge on any atom is 0.148 e. The molecule has 4 nitrogen and oxygen atoms in total. The third kappa shape index (κ3) is 7.62. The zero-order chi connectivity index (χ0) is 24.5. The van der Waals surface area contributed by atoms with E-state index in [-0.39, 0.29) is 0 Å². The minimum Gasteiger partial charge on any atom is -0.371 e. The summed E-state index contributed by atoms with van der Waals surface area (Å²) in [5, 5.41) is 14.7. The van der Waals surface area contributed by atoms with Gasteiger partial charge in [-0.05, 0) is 68.4 Å². The van der Waals surface area contributed by atoms with Crippen LogP contribution >= 0.6 is 11.3 Å². The third-order valence-corrected chi connectivity index (χ3v) is 8.18. The molecular weight excluding hydrogens is 448 g/mol. The molecule has 0 atom stereocenters. The van der Waals surface area contributed by atoms with Gasteiger partial charge in [0.25, 0.3) is 0 Å². The van der Waals surface area contributed by atoms with Crippen molar-refractivity contribution in [1.82, 2.24) is 15.5 Å². The first-order valence-corrected chi connectivity index (χ1v) is 14.5. The Morgan fingerprint density at radius 1 is 0.914 bits per heavy atom. The van der Waals surface area contributed by atoms with E-state index in [0.29, 0.717) is 0 Å². The van der Waals surface area contributed by atoms with E-state index in [1.54, 1.807) is 11.3 Å². The molecule has 1 N–H and O–H groups in total. The van der Waals surface area contributed by atoms with Crippen molar-refractivity contribution in [1.29, 1.82) is 0 Å². The molecule has 1 aliphatic rings. The molecular formula is C30H42N4S. The summed E-state index contributed by atoms with van der Waals surface area (Å²) >= 11 is 1.67. The van der Waals surface area contributed by atoms with Crippen molar-refractivity contribution in [3.8, 4) is 21.1 Å². The monoisotopic (exact) mass is 490 g/mol. The first kappa shape index (κ1) is 25.8. The van der Waals surface area contributed by atoms with Crippen LogP contribution in [0.2, 0.25) is 0 Å². The molecule has 5 heteroatoms. The number of hydrogen-bond acceptors (Lipinski definition) is 5. The van der Waals surface area contributed by atoms with Gasteiger partial charge in [-0.15, -0.1) is 10.2 Å². The summed E-state index contributed by atoms with van der Waals surface area (Å²) in [6.45, 7) is 9.93. The minimum atomic E-state index is 0.720. The predicted octanol–water partition coefficient (Wildman–Crippen LogP) is 7.60. The van der Waals surface area contributed by atoms with Crippen LogP contribution in [0.15, 0.2) is 48.5 Å². The standard InChI is InChI=1S/C30H42N4S/c1-4-34(22-21-31-27-11-6-5-7-12-27)28-19-17-26(18-20-28)30-33-32-29(35-30)25-15-13-24(14-16-25)10-8-9-23(2)3/h13-20,23,27,31H,4-12,21-22H2,1-3H3. The molecule has 0 spiro atoms. The van der Waals surface area contributed by atoms with E-state index in [9.17, 15) is 0 Å². The summed E-state index contributed by atoms with van der Waals surface area (Å²) in [6, 6.07) is 18.4. The molecule has 0 aliphatic heterocycles. The lowest BCUT2D eigenvalue weighted by atomic mass is 9.95. The summed E-state index contributed by atoms with van der Waals surface area (Å²) in [5.41, 5.74) is 4.98. The molecule has 2 aromatic carbocycles. The molecule has 35 heavy (non-hydrogen) atoms. The lowest BCUT2D eigenvalue weighted by Gasteiger charge is -2.27.